The molecule has 112 valence electrons. The molecule has 1 aromatic rings. The lowest BCUT2D eigenvalue weighted by Crippen LogP contribution is -2.27. The van der Waals surface area contributed by atoms with E-state index < -0.39 is 0 Å². The Bertz CT molecular complexity index is 556. The molecular weight excluding hydrogens is 286 g/mol. The summed E-state index contributed by atoms with van der Waals surface area (Å²) in [5.74, 6) is 7.09. The number of nitrogens with one attached hydrogen (secondary N) is 1. The smallest absolute Gasteiger partial charge is 0.237 e. The molecule has 5 heteroatoms. The Morgan fingerprint density at radius 2 is 2.38 bits per heavy atom. The van der Waals surface area contributed by atoms with E-state index in [4.69, 9.17) is 9.84 Å². The summed E-state index contributed by atoms with van der Waals surface area (Å²) >= 11 is 1.71. The van der Waals surface area contributed by atoms with Crippen LogP contribution in [0, 0.1) is 11.8 Å². The molecule has 0 spiro atoms. The SMILES string of the molecule is COc1ccc(C#CCO)cc1NC(=O)C1CCCCS1. The molecular formula is C16H19NO3S. The minimum Gasteiger partial charge on any atom is -0.495 e. The van der Waals surface area contributed by atoms with Crippen molar-refractivity contribution in [2.75, 3.05) is 24.8 Å². The average Bonchev–Trinajstić information content (AvgIpc) is 2.54. The third kappa shape index (κ3) is 4.42. The number of anilines is 1. The van der Waals surface area contributed by atoms with Gasteiger partial charge in [0.25, 0.3) is 0 Å². The van der Waals surface area contributed by atoms with Gasteiger partial charge in [-0.3, -0.25) is 4.79 Å². The highest BCUT2D eigenvalue weighted by Crippen LogP contribution is 2.29. The molecule has 21 heavy (non-hydrogen) atoms. The quantitative estimate of drug-likeness (QED) is 0.841. The van der Waals surface area contributed by atoms with Crippen LogP contribution in [0.15, 0.2) is 18.2 Å². The van der Waals surface area contributed by atoms with Gasteiger partial charge in [-0.15, -0.1) is 11.8 Å². The van der Waals surface area contributed by atoms with Gasteiger partial charge in [-0.05, 0) is 36.8 Å². The molecule has 2 N–H and O–H groups in total. The number of hydrogen-bond donors (Lipinski definition) is 2. The van der Waals surface area contributed by atoms with Crippen molar-refractivity contribution in [1.29, 1.82) is 0 Å². The number of hydrogen-bond acceptors (Lipinski definition) is 4. The van der Waals surface area contributed by atoms with Gasteiger partial charge in [-0.2, -0.15) is 0 Å². The molecule has 1 aliphatic rings. The number of carbonyl (C=O) groups is 1. The Kier molecular flexibility index (Phi) is 5.97. The number of aliphatic hydroxyl groups excluding tert-OH is 1. The fourth-order valence-corrected chi connectivity index (χ4v) is 3.38. The van der Waals surface area contributed by atoms with Gasteiger partial charge in [0.2, 0.25) is 5.91 Å². The van der Waals surface area contributed by atoms with Gasteiger partial charge in [-0.1, -0.05) is 18.3 Å². The van der Waals surface area contributed by atoms with Crippen molar-refractivity contribution in [3.8, 4) is 17.6 Å². The molecule has 0 radical (unpaired) electrons. The number of carbonyl (C=O) groups excluding carboxylic acids is 1. The van der Waals surface area contributed by atoms with Gasteiger partial charge in [-0.25, -0.2) is 0 Å². The zero-order valence-corrected chi connectivity index (χ0v) is 12.8. The van der Waals surface area contributed by atoms with E-state index in [2.05, 4.69) is 17.2 Å². The third-order valence-corrected chi connectivity index (χ3v) is 4.62. The van der Waals surface area contributed by atoms with Gasteiger partial charge in [0.05, 0.1) is 18.0 Å². The number of methoxy groups -OCH3 is 1. The molecule has 1 aliphatic heterocycles. The minimum absolute atomic E-state index is 0.00985. The highest BCUT2D eigenvalue weighted by atomic mass is 32.2. The first-order valence-electron chi connectivity index (χ1n) is 6.95. The second-order valence-corrected chi connectivity index (χ2v) is 6.03. The number of amides is 1. The second-order valence-electron chi connectivity index (χ2n) is 4.72. The molecule has 1 unspecified atom stereocenters. The summed E-state index contributed by atoms with van der Waals surface area (Å²) in [6, 6.07) is 5.34. The van der Waals surface area contributed by atoms with Crippen LogP contribution in [-0.4, -0.2) is 35.7 Å². The van der Waals surface area contributed by atoms with Crippen molar-refractivity contribution in [3.63, 3.8) is 0 Å². The molecule has 0 bridgehead atoms. The van der Waals surface area contributed by atoms with Crippen molar-refractivity contribution in [2.45, 2.75) is 24.5 Å². The van der Waals surface area contributed by atoms with Crippen LogP contribution in [0.1, 0.15) is 24.8 Å². The van der Waals surface area contributed by atoms with Gasteiger partial charge >= 0.3 is 0 Å². The van der Waals surface area contributed by atoms with Crippen LogP contribution in [-0.2, 0) is 4.79 Å². The first-order chi connectivity index (χ1) is 10.2. The lowest BCUT2D eigenvalue weighted by atomic mass is 10.1. The standard InChI is InChI=1S/C16H19NO3S/c1-20-14-8-7-12(5-4-9-18)11-13(14)17-16(19)15-6-2-3-10-21-15/h7-8,11,15,18H,2-3,6,9-10H2,1H3,(H,17,19). The maximum absolute atomic E-state index is 12.3. The molecule has 0 aromatic heterocycles. The van der Waals surface area contributed by atoms with Crippen LogP contribution in [0.3, 0.4) is 0 Å². The molecule has 1 aromatic carbocycles. The molecule has 1 saturated heterocycles. The Labute approximate surface area is 129 Å². The fraction of sp³-hybridized carbons (Fsp3) is 0.438. The van der Waals surface area contributed by atoms with E-state index in [9.17, 15) is 4.79 Å². The van der Waals surface area contributed by atoms with E-state index >= 15 is 0 Å². The van der Waals surface area contributed by atoms with Gasteiger partial charge in [0, 0.05) is 5.56 Å². The summed E-state index contributed by atoms with van der Waals surface area (Å²) in [6.07, 6.45) is 3.21. The van der Waals surface area contributed by atoms with Gasteiger partial charge in [0.1, 0.15) is 12.4 Å². The van der Waals surface area contributed by atoms with E-state index in [1.54, 1.807) is 37.1 Å². The fourth-order valence-electron chi connectivity index (χ4n) is 2.19. The average molecular weight is 305 g/mol. The molecule has 0 saturated carbocycles. The largest absolute Gasteiger partial charge is 0.495 e. The van der Waals surface area contributed by atoms with E-state index in [0.29, 0.717) is 11.4 Å². The summed E-state index contributed by atoms with van der Waals surface area (Å²) in [5.41, 5.74) is 1.36. The molecule has 1 atom stereocenters. The van der Waals surface area contributed by atoms with Crippen molar-refractivity contribution in [2.24, 2.45) is 0 Å². The molecule has 2 rings (SSSR count). The summed E-state index contributed by atoms with van der Waals surface area (Å²) in [7, 11) is 1.57. The van der Waals surface area contributed by atoms with Crippen LogP contribution in [0.5, 0.6) is 5.75 Å². The summed E-state index contributed by atoms with van der Waals surface area (Å²) in [4.78, 5) is 12.3. The van der Waals surface area contributed by atoms with Crippen molar-refractivity contribution in [1.82, 2.24) is 0 Å². The van der Waals surface area contributed by atoms with Crippen LogP contribution >= 0.6 is 11.8 Å². The Hall–Kier alpha value is -1.64. The number of thioether (sulfide) groups is 1. The van der Waals surface area contributed by atoms with Crippen LogP contribution in [0.25, 0.3) is 0 Å². The first kappa shape index (κ1) is 15.7. The summed E-state index contributed by atoms with van der Waals surface area (Å²) in [6.45, 7) is -0.188. The topological polar surface area (TPSA) is 58.6 Å². The monoisotopic (exact) mass is 305 g/mol. The van der Waals surface area contributed by atoms with Crippen molar-refractivity contribution in [3.05, 3.63) is 23.8 Å². The third-order valence-electron chi connectivity index (χ3n) is 3.24. The molecule has 4 nitrogen and oxygen atoms in total. The van der Waals surface area contributed by atoms with E-state index in [1.807, 2.05) is 0 Å². The maximum Gasteiger partial charge on any atom is 0.237 e. The van der Waals surface area contributed by atoms with Gasteiger partial charge in [0.15, 0.2) is 0 Å². The Balaban J connectivity index is 2.14. The normalized spacial score (nSPS) is 17.5. The molecule has 1 amide bonds. The highest BCUT2D eigenvalue weighted by Gasteiger charge is 2.22. The lowest BCUT2D eigenvalue weighted by Gasteiger charge is -2.21. The summed E-state index contributed by atoms with van der Waals surface area (Å²) in [5, 5.41) is 11.7. The predicted octanol–water partition coefficient (Wildman–Crippen LogP) is 2.26. The lowest BCUT2D eigenvalue weighted by molar-refractivity contribution is -0.115. The Morgan fingerprint density at radius 1 is 1.52 bits per heavy atom. The zero-order chi connectivity index (χ0) is 15.1. The molecule has 1 heterocycles. The first-order valence-corrected chi connectivity index (χ1v) is 7.99. The van der Waals surface area contributed by atoms with Crippen molar-refractivity contribution < 1.29 is 14.6 Å². The highest BCUT2D eigenvalue weighted by molar-refractivity contribution is 8.00. The number of rotatable bonds is 3. The van der Waals surface area contributed by atoms with Crippen LogP contribution < -0.4 is 10.1 Å². The van der Waals surface area contributed by atoms with E-state index in [0.717, 1.165) is 24.2 Å². The van der Waals surface area contributed by atoms with Crippen molar-refractivity contribution >= 4 is 23.4 Å². The minimum atomic E-state index is -0.188. The summed E-state index contributed by atoms with van der Waals surface area (Å²) < 4.78 is 5.27. The Morgan fingerprint density at radius 3 is 3.05 bits per heavy atom. The van der Waals surface area contributed by atoms with E-state index in [-0.39, 0.29) is 17.8 Å². The van der Waals surface area contributed by atoms with Gasteiger partial charge < -0.3 is 15.2 Å². The number of benzene rings is 1. The predicted molar refractivity (Wildman–Crippen MR) is 85.7 cm³/mol. The maximum atomic E-state index is 12.3. The van der Waals surface area contributed by atoms with E-state index in [1.165, 1.54) is 6.42 Å². The number of ether oxygens (including phenoxy) is 1. The van der Waals surface area contributed by atoms with Crippen LogP contribution in [0.2, 0.25) is 0 Å². The number of aliphatic hydroxyl groups is 1. The molecule has 0 aliphatic carbocycles. The van der Waals surface area contributed by atoms with Crippen LogP contribution in [0.4, 0.5) is 5.69 Å². The zero-order valence-electron chi connectivity index (χ0n) is 12.0. The molecule has 1 fully saturated rings. The second kappa shape index (κ2) is 7.96.